The van der Waals surface area contributed by atoms with Gasteiger partial charge in [0, 0.05) is 0 Å². The molecule has 108 valence electrons. The zero-order valence-electron chi connectivity index (χ0n) is 12.3. The van der Waals surface area contributed by atoms with Crippen molar-refractivity contribution in [3.63, 3.8) is 0 Å². The minimum Gasteiger partial charge on any atom is -0.307 e. The van der Waals surface area contributed by atoms with Crippen LogP contribution in [0.1, 0.15) is 43.5 Å². The van der Waals surface area contributed by atoms with Gasteiger partial charge >= 0.3 is 0 Å². The molecular formula is C17H22INS. The number of halogens is 1. The van der Waals surface area contributed by atoms with Gasteiger partial charge in [-0.2, -0.15) is 0 Å². The molecule has 0 aliphatic carbocycles. The molecule has 0 saturated heterocycles. The number of thiophene rings is 1. The topological polar surface area (TPSA) is 12.0 Å². The van der Waals surface area contributed by atoms with Crippen molar-refractivity contribution in [2.45, 2.75) is 33.2 Å². The number of benzene rings is 1. The second-order valence-electron chi connectivity index (χ2n) is 5.51. The van der Waals surface area contributed by atoms with Crippen LogP contribution in [0.2, 0.25) is 0 Å². The van der Waals surface area contributed by atoms with Crippen molar-refractivity contribution in [3.8, 4) is 0 Å². The van der Waals surface area contributed by atoms with Gasteiger partial charge in [0.25, 0.3) is 0 Å². The lowest BCUT2D eigenvalue weighted by Gasteiger charge is -2.18. The Kier molecular flexibility index (Phi) is 6.05. The normalized spacial score (nSPS) is 12.8. The van der Waals surface area contributed by atoms with E-state index in [9.17, 15) is 0 Å². The van der Waals surface area contributed by atoms with Crippen molar-refractivity contribution >= 4 is 33.9 Å². The average Bonchev–Trinajstić information content (AvgIpc) is 2.83. The van der Waals surface area contributed by atoms with Gasteiger partial charge in [-0.3, -0.25) is 0 Å². The van der Waals surface area contributed by atoms with Crippen molar-refractivity contribution < 1.29 is 0 Å². The van der Waals surface area contributed by atoms with E-state index in [1.807, 2.05) is 11.3 Å². The van der Waals surface area contributed by atoms with Gasteiger partial charge in [-0.1, -0.05) is 45.0 Å². The molecule has 20 heavy (non-hydrogen) atoms. The highest BCUT2D eigenvalue weighted by atomic mass is 127. The fourth-order valence-electron chi connectivity index (χ4n) is 2.42. The summed E-state index contributed by atoms with van der Waals surface area (Å²) in [6, 6.07) is 11.7. The first-order valence-electron chi connectivity index (χ1n) is 7.16. The molecule has 1 nitrogen and oxygen atoms in total. The Morgan fingerprint density at radius 3 is 2.35 bits per heavy atom. The summed E-state index contributed by atoms with van der Waals surface area (Å²) in [7, 11) is 0. The van der Waals surface area contributed by atoms with E-state index in [-0.39, 0.29) is 0 Å². The zero-order chi connectivity index (χ0) is 14.5. The van der Waals surface area contributed by atoms with Crippen molar-refractivity contribution in [2.75, 3.05) is 6.54 Å². The minimum atomic E-state index is 0.313. The maximum atomic E-state index is 3.59. The van der Waals surface area contributed by atoms with Crippen molar-refractivity contribution in [1.82, 2.24) is 5.32 Å². The van der Waals surface area contributed by atoms with E-state index in [4.69, 9.17) is 0 Å². The number of hydrogen-bond donors (Lipinski definition) is 1. The molecule has 0 radical (unpaired) electrons. The van der Waals surface area contributed by atoms with Crippen LogP contribution in [0.5, 0.6) is 0 Å². The van der Waals surface area contributed by atoms with Gasteiger partial charge in [0.1, 0.15) is 0 Å². The van der Waals surface area contributed by atoms with Crippen LogP contribution in [0.15, 0.2) is 35.7 Å². The maximum absolute atomic E-state index is 3.59. The quantitative estimate of drug-likeness (QED) is 0.655. The molecule has 0 amide bonds. The lowest BCUT2D eigenvalue weighted by Crippen LogP contribution is -2.21. The Balaban J connectivity index is 2.21. The van der Waals surface area contributed by atoms with Crippen molar-refractivity contribution in [2.24, 2.45) is 5.92 Å². The molecular weight excluding hydrogens is 377 g/mol. The van der Waals surface area contributed by atoms with Gasteiger partial charge in [0.05, 0.1) is 8.93 Å². The summed E-state index contributed by atoms with van der Waals surface area (Å²) in [5.74, 6) is 0.712. The largest absolute Gasteiger partial charge is 0.307 e. The molecule has 2 rings (SSSR count). The predicted octanol–water partition coefficient (Wildman–Crippen LogP) is 5.25. The second kappa shape index (κ2) is 7.57. The fraction of sp³-hybridized carbons (Fsp3) is 0.412. The van der Waals surface area contributed by atoms with E-state index in [2.05, 4.69) is 84.4 Å². The van der Waals surface area contributed by atoms with E-state index < -0.39 is 0 Å². The summed E-state index contributed by atoms with van der Waals surface area (Å²) < 4.78 is 1.34. The van der Waals surface area contributed by atoms with E-state index in [0.29, 0.717) is 12.0 Å². The SMILES string of the molecule is CCNC(c1ccc(CC(C)C)cc1)c1csc(I)c1. The van der Waals surface area contributed by atoms with E-state index >= 15 is 0 Å². The summed E-state index contributed by atoms with van der Waals surface area (Å²) in [5.41, 5.74) is 4.16. The summed E-state index contributed by atoms with van der Waals surface area (Å²) >= 11 is 4.20. The summed E-state index contributed by atoms with van der Waals surface area (Å²) in [5, 5.41) is 5.85. The molecule has 1 unspecified atom stereocenters. The van der Waals surface area contributed by atoms with Crippen molar-refractivity contribution in [3.05, 3.63) is 55.3 Å². The molecule has 3 heteroatoms. The van der Waals surface area contributed by atoms with Crippen LogP contribution in [0.25, 0.3) is 0 Å². The Hall–Kier alpha value is -0.390. The molecule has 1 N–H and O–H groups in total. The second-order valence-corrected chi connectivity index (χ2v) is 8.32. The molecule has 0 bridgehead atoms. The molecule has 1 aromatic heterocycles. The van der Waals surface area contributed by atoms with Crippen LogP contribution in [-0.2, 0) is 6.42 Å². The van der Waals surface area contributed by atoms with Crippen LogP contribution < -0.4 is 5.32 Å². The van der Waals surface area contributed by atoms with Crippen molar-refractivity contribution in [1.29, 1.82) is 0 Å². The standard InChI is InChI=1S/C17H22INS/c1-4-19-17(15-10-16(18)20-11-15)14-7-5-13(6-8-14)9-12(2)3/h5-8,10-12,17,19H,4,9H2,1-3H3. The lowest BCUT2D eigenvalue weighted by molar-refractivity contribution is 0.629. The van der Waals surface area contributed by atoms with Gasteiger partial charge < -0.3 is 5.32 Å². The lowest BCUT2D eigenvalue weighted by atomic mass is 9.97. The van der Waals surface area contributed by atoms with Gasteiger partial charge in [-0.25, -0.2) is 0 Å². The van der Waals surface area contributed by atoms with Crippen LogP contribution >= 0.6 is 33.9 Å². The third-order valence-electron chi connectivity index (χ3n) is 3.29. The van der Waals surface area contributed by atoms with E-state index in [1.54, 1.807) is 0 Å². The number of hydrogen-bond acceptors (Lipinski definition) is 2. The Morgan fingerprint density at radius 1 is 1.15 bits per heavy atom. The monoisotopic (exact) mass is 399 g/mol. The highest BCUT2D eigenvalue weighted by Gasteiger charge is 2.14. The minimum absolute atomic E-state index is 0.313. The summed E-state index contributed by atoms with van der Waals surface area (Å²) in [4.78, 5) is 0. The average molecular weight is 399 g/mol. The molecule has 1 heterocycles. The number of nitrogens with one attached hydrogen (secondary N) is 1. The highest BCUT2D eigenvalue weighted by molar-refractivity contribution is 14.1. The molecule has 0 aliphatic heterocycles. The van der Waals surface area contributed by atoms with Crippen LogP contribution in [-0.4, -0.2) is 6.54 Å². The fourth-order valence-corrected chi connectivity index (χ4v) is 3.82. The molecule has 0 aliphatic rings. The summed E-state index contributed by atoms with van der Waals surface area (Å²) in [6.45, 7) is 7.67. The first-order chi connectivity index (χ1) is 9.60. The van der Waals surface area contributed by atoms with E-state index in [0.717, 1.165) is 13.0 Å². The Bertz CT molecular complexity index is 530. The van der Waals surface area contributed by atoms with Crippen LogP contribution in [0.3, 0.4) is 0 Å². The predicted molar refractivity (Wildman–Crippen MR) is 97.5 cm³/mol. The molecule has 2 aromatic rings. The first kappa shape index (κ1) is 16.0. The third kappa shape index (κ3) is 4.30. The van der Waals surface area contributed by atoms with E-state index in [1.165, 1.54) is 19.6 Å². The molecule has 1 aromatic carbocycles. The van der Waals surface area contributed by atoms with Crippen LogP contribution in [0.4, 0.5) is 0 Å². The van der Waals surface area contributed by atoms with Gasteiger partial charge in [0.2, 0.25) is 0 Å². The molecule has 1 atom stereocenters. The highest BCUT2D eigenvalue weighted by Crippen LogP contribution is 2.27. The Morgan fingerprint density at radius 2 is 1.85 bits per heavy atom. The summed E-state index contributed by atoms with van der Waals surface area (Å²) in [6.07, 6.45) is 1.16. The smallest absolute Gasteiger partial charge is 0.0656 e. The maximum Gasteiger partial charge on any atom is 0.0656 e. The molecule has 0 spiro atoms. The van der Waals surface area contributed by atoms with Gasteiger partial charge in [0.15, 0.2) is 0 Å². The first-order valence-corrected chi connectivity index (χ1v) is 9.12. The zero-order valence-corrected chi connectivity index (χ0v) is 15.3. The van der Waals surface area contributed by atoms with Gasteiger partial charge in [-0.15, -0.1) is 11.3 Å². The van der Waals surface area contributed by atoms with Gasteiger partial charge in [-0.05, 0) is 69.6 Å². The Labute approximate surface area is 139 Å². The van der Waals surface area contributed by atoms with Crippen LogP contribution in [0, 0.1) is 8.80 Å². The molecule has 0 saturated carbocycles. The third-order valence-corrected chi connectivity index (χ3v) is 5.09. The number of rotatable bonds is 6. The molecule has 0 fully saturated rings.